The molecule has 3 rings (SSSR count). The third-order valence-corrected chi connectivity index (χ3v) is 4.00. The molecule has 0 aliphatic rings. The van der Waals surface area contributed by atoms with Crippen LogP contribution >= 0.6 is 11.6 Å². The molecule has 2 aromatic carbocycles. The molecule has 2 amide bonds. The van der Waals surface area contributed by atoms with Crippen LogP contribution in [0.4, 0.5) is 5.69 Å². The van der Waals surface area contributed by atoms with E-state index in [0.29, 0.717) is 28.8 Å². The van der Waals surface area contributed by atoms with E-state index < -0.39 is 11.8 Å². The Morgan fingerprint density at radius 1 is 1.14 bits per heavy atom. The Labute approximate surface area is 166 Å². The second-order valence-corrected chi connectivity index (χ2v) is 6.41. The lowest BCUT2D eigenvalue weighted by Crippen LogP contribution is -2.42. The van der Waals surface area contributed by atoms with E-state index in [0.717, 1.165) is 0 Å². The standard InChI is InChI=1S/C19H18ClN5O3/c1-13(10-25-12-21-11-22-25)23-18(26)19(27)24-14-6-8-15(9-7-14)28-17-5-3-2-4-16(17)20/h2-9,11-13H,10H2,1H3,(H,23,26)(H,24,27)/t13-/m1/s1. The number of ether oxygens (including phenoxy) is 1. The molecule has 28 heavy (non-hydrogen) atoms. The van der Waals surface area contributed by atoms with Gasteiger partial charge in [-0.15, -0.1) is 0 Å². The summed E-state index contributed by atoms with van der Waals surface area (Å²) in [5, 5.41) is 9.60. The zero-order valence-electron chi connectivity index (χ0n) is 15.0. The number of nitrogens with zero attached hydrogens (tertiary/aromatic N) is 3. The van der Waals surface area contributed by atoms with Gasteiger partial charge in [-0.3, -0.25) is 14.3 Å². The topological polar surface area (TPSA) is 98.1 Å². The Morgan fingerprint density at radius 2 is 1.89 bits per heavy atom. The van der Waals surface area contributed by atoms with E-state index >= 15 is 0 Å². The van der Waals surface area contributed by atoms with Crippen LogP contribution in [0.25, 0.3) is 0 Å². The van der Waals surface area contributed by atoms with Crippen molar-refractivity contribution >= 4 is 29.1 Å². The van der Waals surface area contributed by atoms with Gasteiger partial charge in [-0.1, -0.05) is 23.7 Å². The predicted octanol–water partition coefficient (Wildman–Crippen LogP) is 2.87. The van der Waals surface area contributed by atoms with E-state index in [2.05, 4.69) is 20.7 Å². The fourth-order valence-corrected chi connectivity index (χ4v) is 2.57. The largest absolute Gasteiger partial charge is 0.456 e. The summed E-state index contributed by atoms with van der Waals surface area (Å²) in [7, 11) is 0. The molecule has 0 unspecified atom stereocenters. The van der Waals surface area contributed by atoms with Gasteiger partial charge in [0.05, 0.1) is 11.6 Å². The quantitative estimate of drug-likeness (QED) is 0.621. The highest BCUT2D eigenvalue weighted by atomic mass is 35.5. The van der Waals surface area contributed by atoms with Crippen molar-refractivity contribution in [1.29, 1.82) is 0 Å². The number of benzene rings is 2. The van der Waals surface area contributed by atoms with Crippen molar-refractivity contribution in [2.45, 2.75) is 19.5 Å². The minimum Gasteiger partial charge on any atom is -0.456 e. The van der Waals surface area contributed by atoms with Crippen LogP contribution in [0.2, 0.25) is 5.02 Å². The summed E-state index contributed by atoms with van der Waals surface area (Å²) >= 11 is 6.06. The van der Waals surface area contributed by atoms with Gasteiger partial charge in [0.1, 0.15) is 24.2 Å². The van der Waals surface area contributed by atoms with Crippen molar-refractivity contribution in [3.63, 3.8) is 0 Å². The van der Waals surface area contributed by atoms with Gasteiger partial charge in [-0.2, -0.15) is 5.10 Å². The second-order valence-electron chi connectivity index (χ2n) is 6.00. The molecular formula is C19H18ClN5O3. The molecule has 0 fully saturated rings. The van der Waals surface area contributed by atoms with E-state index in [1.54, 1.807) is 48.0 Å². The molecule has 0 saturated heterocycles. The number of aromatic nitrogens is 3. The molecule has 0 aliphatic carbocycles. The molecule has 0 aliphatic heterocycles. The van der Waals surface area contributed by atoms with Crippen molar-refractivity contribution in [3.8, 4) is 11.5 Å². The van der Waals surface area contributed by atoms with E-state index in [4.69, 9.17) is 16.3 Å². The van der Waals surface area contributed by atoms with Crippen molar-refractivity contribution in [2.75, 3.05) is 5.32 Å². The Kier molecular flexibility index (Phi) is 6.23. The lowest BCUT2D eigenvalue weighted by atomic mass is 10.3. The average molecular weight is 400 g/mol. The van der Waals surface area contributed by atoms with Gasteiger partial charge in [0.25, 0.3) is 0 Å². The average Bonchev–Trinajstić information content (AvgIpc) is 3.18. The number of halogens is 1. The zero-order chi connectivity index (χ0) is 19.9. The number of rotatable bonds is 6. The summed E-state index contributed by atoms with van der Waals surface area (Å²) in [6.45, 7) is 2.18. The highest BCUT2D eigenvalue weighted by Gasteiger charge is 2.17. The molecule has 0 saturated carbocycles. The number of hydrogen-bond acceptors (Lipinski definition) is 5. The molecule has 0 bridgehead atoms. The lowest BCUT2D eigenvalue weighted by molar-refractivity contribution is -0.136. The Balaban J connectivity index is 1.52. The Hall–Kier alpha value is -3.39. The van der Waals surface area contributed by atoms with Crippen LogP contribution in [0.3, 0.4) is 0 Å². The van der Waals surface area contributed by atoms with Gasteiger partial charge in [0, 0.05) is 11.7 Å². The molecule has 1 atom stereocenters. The van der Waals surface area contributed by atoms with Crippen molar-refractivity contribution in [1.82, 2.24) is 20.1 Å². The molecule has 9 heteroatoms. The maximum atomic E-state index is 12.1. The molecule has 0 radical (unpaired) electrons. The zero-order valence-corrected chi connectivity index (χ0v) is 15.8. The van der Waals surface area contributed by atoms with E-state index in [1.807, 2.05) is 12.1 Å². The van der Waals surface area contributed by atoms with Gasteiger partial charge in [-0.05, 0) is 43.3 Å². The highest BCUT2D eigenvalue weighted by Crippen LogP contribution is 2.29. The minimum atomic E-state index is -0.759. The van der Waals surface area contributed by atoms with Gasteiger partial charge >= 0.3 is 11.8 Å². The fourth-order valence-electron chi connectivity index (χ4n) is 2.39. The number of carbonyl (C=O) groups excluding carboxylic acids is 2. The summed E-state index contributed by atoms with van der Waals surface area (Å²) < 4.78 is 7.25. The van der Waals surface area contributed by atoms with Crippen LogP contribution in [-0.4, -0.2) is 32.6 Å². The number of amides is 2. The number of para-hydroxylation sites is 1. The molecule has 144 valence electrons. The van der Waals surface area contributed by atoms with Crippen molar-refractivity contribution in [3.05, 3.63) is 66.2 Å². The van der Waals surface area contributed by atoms with Crippen LogP contribution < -0.4 is 15.4 Å². The number of carbonyl (C=O) groups is 2. The summed E-state index contributed by atoms with van der Waals surface area (Å²) in [4.78, 5) is 27.9. The fraction of sp³-hybridized carbons (Fsp3) is 0.158. The Bertz CT molecular complexity index is 944. The molecular weight excluding hydrogens is 382 g/mol. The monoisotopic (exact) mass is 399 g/mol. The van der Waals surface area contributed by atoms with Crippen LogP contribution in [0.1, 0.15) is 6.92 Å². The first-order valence-electron chi connectivity index (χ1n) is 8.48. The van der Waals surface area contributed by atoms with Crippen molar-refractivity contribution in [2.24, 2.45) is 0 Å². The first kappa shape index (κ1) is 19.4. The summed E-state index contributed by atoms with van der Waals surface area (Å²) in [6, 6.07) is 13.4. The van der Waals surface area contributed by atoms with Crippen molar-refractivity contribution < 1.29 is 14.3 Å². The minimum absolute atomic E-state index is 0.286. The SMILES string of the molecule is C[C@H](Cn1cncn1)NC(=O)C(=O)Nc1ccc(Oc2ccccc2Cl)cc1. The third kappa shape index (κ3) is 5.31. The summed E-state index contributed by atoms with van der Waals surface area (Å²) in [5.74, 6) is -0.409. The first-order chi connectivity index (χ1) is 13.5. The van der Waals surface area contributed by atoms with Crippen LogP contribution in [0.5, 0.6) is 11.5 Å². The van der Waals surface area contributed by atoms with Gasteiger partial charge in [0.2, 0.25) is 0 Å². The number of nitrogens with one attached hydrogen (secondary N) is 2. The third-order valence-electron chi connectivity index (χ3n) is 3.69. The lowest BCUT2D eigenvalue weighted by Gasteiger charge is -2.13. The summed E-state index contributed by atoms with van der Waals surface area (Å²) in [6.07, 6.45) is 2.94. The maximum Gasteiger partial charge on any atom is 0.313 e. The molecule has 3 aromatic rings. The number of hydrogen-bond donors (Lipinski definition) is 2. The highest BCUT2D eigenvalue weighted by molar-refractivity contribution is 6.39. The number of anilines is 1. The van der Waals surface area contributed by atoms with E-state index in [1.165, 1.54) is 12.7 Å². The van der Waals surface area contributed by atoms with Gasteiger partial charge in [0.15, 0.2) is 0 Å². The molecule has 2 N–H and O–H groups in total. The van der Waals surface area contributed by atoms with Crippen LogP contribution in [-0.2, 0) is 16.1 Å². The molecule has 1 aromatic heterocycles. The predicted molar refractivity (Wildman–Crippen MR) is 104 cm³/mol. The van der Waals surface area contributed by atoms with E-state index in [9.17, 15) is 9.59 Å². The van der Waals surface area contributed by atoms with Gasteiger partial charge < -0.3 is 15.4 Å². The first-order valence-corrected chi connectivity index (χ1v) is 8.86. The van der Waals surface area contributed by atoms with Crippen LogP contribution in [0.15, 0.2) is 61.2 Å². The normalized spacial score (nSPS) is 11.5. The second kappa shape index (κ2) is 9.01. The molecule has 1 heterocycles. The smallest absolute Gasteiger partial charge is 0.313 e. The molecule has 0 spiro atoms. The Morgan fingerprint density at radius 3 is 2.57 bits per heavy atom. The van der Waals surface area contributed by atoms with Gasteiger partial charge in [-0.25, -0.2) is 4.98 Å². The van der Waals surface area contributed by atoms with E-state index in [-0.39, 0.29) is 6.04 Å². The molecule has 8 nitrogen and oxygen atoms in total. The van der Waals surface area contributed by atoms with Crippen LogP contribution in [0, 0.1) is 0 Å². The maximum absolute atomic E-state index is 12.1. The summed E-state index contributed by atoms with van der Waals surface area (Å²) in [5.41, 5.74) is 0.468.